The van der Waals surface area contributed by atoms with Gasteiger partial charge in [0.05, 0.1) is 5.69 Å². The topological polar surface area (TPSA) is 33.1 Å². The highest BCUT2D eigenvalue weighted by Crippen LogP contribution is 2.59. The van der Waals surface area contributed by atoms with Crippen molar-refractivity contribution >= 4 is 0 Å². The van der Waals surface area contributed by atoms with Crippen LogP contribution in [-0.2, 0) is 0 Å². The second-order valence-electron chi connectivity index (χ2n) is 7.12. The zero-order chi connectivity index (χ0) is 13.6. The first kappa shape index (κ1) is 12.4. The molecule has 1 heterocycles. The van der Waals surface area contributed by atoms with Crippen LogP contribution in [0.1, 0.15) is 50.3 Å². The molecule has 4 aliphatic rings. The molecule has 0 aromatic carbocycles. The first-order valence-corrected chi connectivity index (χ1v) is 7.84. The fraction of sp³-hybridized carbons (Fsp3) is 0.611. The van der Waals surface area contributed by atoms with Gasteiger partial charge in [-0.3, -0.25) is 4.98 Å². The van der Waals surface area contributed by atoms with Gasteiger partial charge in [0, 0.05) is 11.6 Å². The van der Waals surface area contributed by atoms with Gasteiger partial charge in [-0.15, -0.1) is 0 Å². The predicted molar refractivity (Wildman–Crippen MR) is 77.6 cm³/mol. The van der Waals surface area contributed by atoms with E-state index in [2.05, 4.69) is 16.8 Å². The summed E-state index contributed by atoms with van der Waals surface area (Å²) in [5, 5.41) is 10.2. The van der Waals surface area contributed by atoms with Crippen molar-refractivity contribution in [3.63, 3.8) is 0 Å². The summed E-state index contributed by atoms with van der Waals surface area (Å²) in [4.78, 5) is 4.19. The zero-order valence-corrected chi connectivity index (χ0v) is 11.8. The van der Waals surface area contributed by atoms with Crippen LogP contribution in [0.5, 0.6) is 0 Å². The molecule has 0 saturated heterocycles. The van der Waals surface area contributed by atoms with Crippen LogP contribution in [0.4, 0.5) is 0 Å². The number of pyridine rings is 1. The fourth-order valence-electron chi connectivity index (χ4n) is 5.10. The van der Waals surface area contributed by atoms with Crippen LogP contribution in [0.2, 0.25) is 0 Å². The third kappa shape index (κ3) is 2.15. The lowest BCUT2D eigenvalue weighted by Gasteiger charge is -2.54. The molecule has 4 fully saturated rings. The molecule has 1 N–H and O–H groups in total. The molecule has 0 aliphatic heterocycles. The summed E-state index contributed by atoms with van der Waals surface area (Å²) in [7, 11) is 0. The molecule has 1 aromatic heterocycles. The summed E-state index contributed by atoms with van der Waals surface area (Å²) in [6, 6.07) is 5.61. The highest BCUT2D eigenvalue weighted by molar-refractivity contribution is 5.24. The summed E-state index contributed by atoms with van der Waals surface area (Å²) in [5.74, 6) is 9.30. The molecule has 4 bridgehead atoms. The van der Waals surface area contributed by atoms with Crippen LogP contribution in [0, 0.1) is 35.0 Å². The third-order valence-electron chi connectivity index (χ3n) is 5.48. The van der Waals surface area contributed by atoms with E-state index in [-0.39, 0.29) is 5.41 Å². The Kier molecular flexibility index (Phi) is 2.86. The Hall–Kier alpha value is -1.33. The Morgan fingerprint density at radius 3 is 2.30 bits per heavy atom. The van der Waals surface area contributed by atoms with Crippen molar-refractivity contribution in [3.05, 3.63) is 30.1 Å². The van der Waals surface area contributed by atoms with Crippen LogP contribution >= 0.6 is 0 Å². The van der Waals surface area contributed by atoms with Crippen molar-refractivity contribution in [2.75, 3.05) is 0 Å². The monoisotopic (exact) mass is 267 g/mol. The Bertz CT molecular complexity index is 518. The Morgan fingerprint density at radius 2 is 1.75 bits per heavy atom. The molecule has 2 heteroatoms. The smallest absolute Gasteiger partial charge is 0.156 e. The van der Waals surface area contributed by atoms with E-state index in [0.29, 0.717) is 5.69 Å². The normalized spacial score (nSPS) is 39.1. The van der Waals surface area contributed by atoms with Gasteiger partial charge in [0.15, 0.2) is 6.10 Å². The first-order valence-electron chi connectivity index (χ1n) is 7.84. The molecule has 0 spiro atoms. The standard InChI is InChI=1S/C18H21NO/c20-17(16-3-1-2-6-19-16)4-5-18-10-13-7-14(11-18)9-15(8-13)12-18/h1-3,6,13-15,17,20H,7-12H2. The van der Waals surface area contributed by atoms with Crippen molar-refractivity contribution in [1.29, 1.82) is 0 Å². The SMILES string of the molecule is OC(C#CC12CC3CC(CC(C3)C1)C2)c1ccccn1. The molecule has 5 rings (SSSR count). The first-order chi connectivity index (χ1) is 9.72. The maximum absolute atomic E-state index is 10.2. The van der Waals surface area contributed by atoms with E-state index in [1.165, 1.54) is 38.5 Å². The van der Waals surface area contributed by atoms with Crippen molar-refractivity contribution in [3.8, 4) is 11.8 Å². The fourth-order valence-corrected chi connectivity index (χ4v) is 5.10. The third-order valence-corrected chi connectivity index (χ3v) is 5.48. The van der Waals surface area contributed by atoms with Gasteiger partial charge in [-0.2, -0.15) is 0 Å². The maximum Gasteiger partial charge on any atom is 0.156 e. The number of aliphatic hydroxyl groups is 1. The second kappa shape index (κ2) is 4.60. The molecule has 1 aromatic rings. The molecule has 1 atom stereocenters. The van der Waals surface area contributed by atoms with E-state index in [0.717, 1.165) is 17.8 Å². The molecule has 4 aliphatic carbocycles. The molecular formula is C18H21NO. The molecule has 0 radical (unpaired) electrons. The lowest BCUT2D eigenvalue weighted by molar-refractivity contribution is -0.0183. The van der Waals surface area contributed by atoms with Gasteiger partial charge in [-0.1, -0.05) is 17.9 Å². The van der Waals surface area contributed by atoms with Crippen LogP contribution in [0.3, 0.4) is 0 Å². The summed E-state index contributed by atoms with van der Waals surface area (Å²) in [6.07, 6.45) is 9.08. The van der Waals surface area contributed by atoms with Gasteiger partial charge in [0.25, 0.3) is 0 Å². The molecular weight excluding hydrogens is 246 g/mol. The summed E-state index contributed by atoms with van der Waals surface area (Å²) in [6.45, 7) is 0. The van der Waals surface area contributed by atoms with Crippen molar-refractivity contribution in [2.24, 2.45) is 23.2 Å². The van der Waals surface area contributed by atoms with Gasteiger partial charge >= 0.3 is 0 Å². The van der Waals surface area contributed by atoms with Crippen LogP contribution in [0.15, 0.2) is 24.4 Å². The minimum Gasteiger partial charge on any atom is -0.374 e. The highest BCUT2D eigenvalue weighted by Gasteiger charge is 2.50. The molecule has 1 unspecified atom stereocenters. The van der Waals surface area contributed by atoms with Crippen LogP contribution < -0.4 is 0 Å². The molecule has 4 saturated carbocycles. The van der Waals surface area contributed by atoms with E-state index < -0.39 is 6.10 Å². The second-order valence-corrected chi connectivity index (χ2v) is 7.12. The quantitative estimate of drug-likeness (QED) is 0.792. The summed E-state index contributed by atoms with van der Waals surface area (Å²) >= 11 is 0. The minimum atomic E-state index is -0.732. The molecule has 0 amide bonds. The van der Waals surface area contributed by atoms with Gasteiger partial charge in [0.1, 0.15) is 0 Å². The van der Waals surface area contributed by atoms with E-state index in [1.54, 1.807) is 6.20 Å². The Balaban J connectivity index is 1.56. The molecule has 104 valence electrons. The van der Waals surface area contributed by atoms with E-state index >= 15 is 0 Å². The van der Waals surface area contributed by atoms with E-state index in [9.17, 15) is 5.11 Å². The Labute approximate surface area is 120 Å². The number of aliphatic hydroxyl groups excluding tert-OH is 1. The summed E-state index contributed by atoms with van der Waals surface area (Å²) < 4.78 is 0. The minimum absolute atomic E-state index is 0.213. The highest BCUT2D eigenvalue weighted by atomic mass is 16.3. The van der Waals surface area contributed by atoms with Crippen LogP contribution in [-0.4, -0.2) is 10.1 Å². The van der Waals surface area contributed by atoms with Gasteiger partial charge in [-0.25, -0.2) is 0 Å². The van der Waals surface area contributed by atoms with Gasteiger partial charge in [-0.05, 0) is 68.4 Å². The Morgan fingerprint density at radius 1 is 1.10 bits per heavy atom. The predicted octanol–water partition coefficient (Wildman–Crippen LogP) is 3.33. The largest absolute Gasteiger partial charge is 0.374 e. The number of hydrogen-bond acceptors (Lipinski definition) is 2. The average Bonchev–Trinajstić information content (AvgIpc) is 2.44. The summed E-state index contributed by atoms with van der Waals surface area (Å²) in [5.41, 5.74) is 0.884. The lowest BCUT2D eigenvalue weighted by Crippen LogP contribution is -2.45. The van der Waals surface area contributed by atoms with Crippen LogP contribution in [0.25, 0.3) is 0 Å². The zero-order valence-electron chi connectivity index (χ0n) is 11.8. The molecule has 2 nitrogen and oxygen atoms in total. The number of rotatable bonds is 1. The number of nitrogens with zero attached hydrogens (tertiary/aromatic N) is 1. The van der Waals surface area contributed by atoms with E-state index in [4.69, 9.17) is 0 Å². The average molecular weight is 267 g/mol. The lowest BCUT2D eigenvalue weighted by atomic mass is 9.50. The van der Waals surface area contributed by atoms with E-state index in [1.807, 2.05) is 18.2 Å². The maximum atomic E-state index is 10.2. The van der Waals surface area contributed by atoms with Crippen molar-refractivity contribution in [2.45, 2.75) is 44.6 Å². The van der Waals surface area contributed by atoms with Crippen molar-refractivity contribution < 1.29 is 5.11 Å². The number of hydrogen-bond donors (Lipinski definition) is 1. The number of aromatic nitrogens is 1. The molecule has 20 heavy (non-hydrogen) atoms. The van der Waals surface area contributed by atoms with Gasteiger partial charge < -0.3 is 5.11 Å². The van der Waals surface area contributed by atoms with Gasteiger partial charge in [0.2, 0.25) is 0 Å². The van der Waals surface area contributed by atoms with Crippen molar-refractivity contribution in [1.82, 2.24) is 4.98 Å².